The molecule has 1 heterocycles. The number of hydrogen-bond acceptors (Lipinski definition) is 2. The van der Waals surface area contributed by atoms with Crippen LogP contribution < -0.4 is 10.9 Å². The summed E-state index contributed by atoms with van der Waals surface area (Å²) in [5, 5.41) is 1.94. The largest absolute Gasteiger partial charge is 0.417 e. The number of alkyl halides is 3. The van der Waals surface area contributed by atoms with Gasteiger partial charge in [-0.3, -0.25) is 9.59 Å². The number of anilines is 1. The Balaban J connectivity index is 2.30. The first-order valence-corrected chi connectivity index (χ1v) is 7.92. The van der Waals surface area contributed by atoms with E-state index in [0.29, 0.717) is 16.8 Å². The van der Waals surface area contributed by atoms with E-state index < -0.39 is 34.8 Å². The average Bonchev–Trinajstić information content (AvgIpc) is 2.46. The molecule has 4 nitrogen and oxygen atoms in total. The van der Waals surface area contributed by atoms with E-state index in [1.807, 2.05) is 0 Å². The Bertz CT molecular complexity index is 874. The van der Waals surface area contributed by atoms with Gasteiger partial charge in [0.25, 0.3) is 5.56 Å². The second-order valence-electron chi connectivity index (χ2n) is 4.80. The number of halogens is 7. The number of aromatic nitrogens is 1. The van der Waals surface area contributed by atoms with Crippen LogP contribution in [0.25, 0.3) is 0 Å². The Labute approximate surface area is 159 Å². The van der Waals surface area contributed by atoms with Crippen molar-refractivity contribution in [2.45, 2.75) is 12.7 Å². The molecular weight excluding hydrogens is 427 g/mol. The number of carbonyl (C=O) groups is 1. The number of nitrogens with zero attached hydrogens (tertiary/aromatic N) is 1. The lowest BCUT2D eigenvalue weighted by Gasteiger charge is -2.13. The average molecular weight is 434 g/mol. The van der Waals surface area contributed by atoms with E-state index in [4.69, 9.17) is 46.4 Å². The maximum atomic E-state index is 12.8. The first-order valence-electron chi connectivity index (χ1n) is 6.40. The first kappa shape index (κ1) is 19.9. The summed E-state index contributed by atoms with van der Waals surface area (Å²) in [6.45, 7) is -0.724. The van der Waals surface area contributed by atoms with Crippen LogP contribution in [-0.4, -0.2) is 10.5 Å². The van der Waals surface area contributed by atoms with Crippen LogP contribution in [0.5, 0.6) is 0 Å². The number of amides is 1. The maximum Gasteiger partial charge on any atom is 0.417 e. The molecule has 0 spiro atoms. The molecule has 25 heavy (non-hydrogen) atoms. The monoisotopic (exact) mass is 432 g/mol. The molecule has 1 aromatic carbocycles. The summed E-state index contributed by atoms with van der Waals surface area (Å²) < 4.78 is 38.9. The molecule has 0 aliphatic carbocycles. The zero-order valence-corrected chi connectivity index (χ0v) is 14.9. The summed E-state index contributed by atoms with van der Waals surface area (Å²) in [5.41, 5.74) is -2.09. The highest BCUT2D eigenvalue weighted by atomic mass is 35.5. The summed E-state index contributed by atoms with van der Waals surface area (Å²) >= 11 is 23.1. The van der Waals surface area contributed by atoms with Crippen LogP contribution in [0.2, 0.25) is 20.1 Å². The lowest BCUT2D eigenvalue weighted by atomic mass is 10.2. The van der Waals surface area contributed by atoms with Crippen LogP contribution in [0.15, 0.2) is 29.2 Å². The van der Waals surface area contributed by atoms with Gasteiger partial charge in [-0.2, -0.15) is 13.2 Å². The lowest BCUT2D eigenvalue weighted by molar-refractivity contribution is -0.138. The van der Waals surface area contributed by atoms with Crippen LogP contribution in [0.4, 0.5) is 18.9 Å². The van der Waals surface area contributed by atoms with Crippen molar-refractivity contribution in [3.63, 3.8) is 0 Å². The highest BCUT2D eigenvalue weighted by Crippen LogP contribution is 2.33. The summed E-state index contributed by atoms with van der Waals surface area (Å²) in [6.07, 6.45) is -4.22. The van der Waals surface area contributed by atoms with Crippen molar-refractivity contribution in [3.8, 4) is 0 Å². The number of nitrogens with one attached hydrogen (secondary N) is 1. The van der Waals surface area contributed by atoms with Crippen LogP contribution >= 0.6 is 46.4 Å². The lowest BCUT2D eigenvalue weighted by Crippen LogP contribution is -2.29. The number of pyridine rings is 1. The molecule has 0 atom stereocenters. The van der Waals surface area contributed by atoms with Gasteiger partial charge in [-0.25, -0.2) is 0 Å². The number of hydrogen-bond donors (Lipinski definition) is 1. The fourth-order valence-electron chi connectivity index (χ4n) is 1.87. The molecule has 1 N–H and O–H groups in total. The molecular formula is C14H7Cl4F3N2O2. The molecule has 134 valence electrons. The quantitative estimate of drug-likeness (QED) is 0.730. The Kier molecular flexibility index (Phi) is 5.93. The summed E-state index contributed by atoms with van der Waals surface area (Å²) in [4.78, 5) is 23.9. The third kappa shape index (κ3) is 4.82. The Morgan fingerprint density at radius 3 is 2.12 bits per heavy atom. The van der Waals surface area contributed by atoms with E-state index in [-0.39, 0.29) is 20.8 Å². The van der Waals surface area contributed by atoms with Gasteiger partial charge < -0.3 is 9.88 Å². The van der Waals surface area contributed by atoms with E-state index in [1.165, 1.54) is 12.1 Å². The molecule has 1 aromatic heterocycles. The van der Waals surface area contributed by atoms with Crippen molar-refractivity contribution < 1.29 is 18.0 Å². The Morgan fingerprint density at radius 1 is 1.04 bits per heavy atom. The van der Waals surface area contributed by atoms with Crippen molar-refractivity contribution in [1.82, 2.24) is 4.57 Å². The predicted molar refractivity (Wildman–Crippen MR) is 90.8 cm³/mol. The molecule has 0 aliphatic rings. The number of benzene rings is 1. The zero-order valence-electron chi connectivity index (χ0n) is 11.9. The Morgan fingerprint density at radius 2 is 1.60 bits per heavy atom. The van der Waals surface area contributed by atoms with Crippen molar-refractivity contribution in [2.24, 2.45) is 0 Å². The minimum Gasteiger partial charge on any atom is -0.322 e. The summed E-state index contributed by atoms with van der Waals surface area (Å²) in [5.74, 6) is -0.830. The molecule has 0 fully saturated rings. The molecule has 2 rings (SSSR count). The van der Waals surface area contributed by atoms with Crippen LogP contribution in [0, 0.1) is 0 Å². The van der Waals surface area contributed by atoms with E-state index in [9.17, 15) is 22.8 Å². The van der Waals surface area contributed by atoms with Gasteiger partial charge in [0.15, 0.2) is 0 Å². The third-order valence-corrected chi connectivity index (χ3v) is 4.04. The minimum absolute atomic E-state index is 0.0175. The van der Waals surface area contributed by atoms with E-state index in [0.717, 1.165) is 0 Å². The van der Waals surface area contributed by atoms with Gasteiger partial charge in [0.2, 0.25) is 5.91 Å². The highest BCUT2D eigenvalue weighted by molar-refractivity contribution is 6.42. The minimum atomic E-state index is -4.72. The van der Waals surface area contributed by atoms with Gasteiger partial charge in [0.1, 0.15) is 11.6 Å². The van der Waals surface area contributed by atoms with Gasteiger partial charge >= 0.3 is 6.18 Å². The zero-order chi connectivity index (χ0) is 18.9. The second-order valence-corrected chi connectivity index (χ2v) is 6.46. The van der Waals surface area contributed by atoms with Crippen LogP contribution in [-0.2, 0) is 17.5 Å². The van der Waals surface area contributed by atoms with Crippen molar-refractivity contribution >= 4 is 58.0 Å². The van der Waals surface area contributed by atoms with E-state index in [2.05, 4.69) is 5.32 Å². The number of carbonyl (C=O) groups excluding carboxylic acids is 1. The SMILES string of the molecule is O=C(Cn1cc(C(F)(F)F)cc(Cl)c1=O)Nc1c(Cl)cc(Cl)cc1Cl. The topological polar surface area (TPSA) is 51.1 Å². The molecule has 0 saturated carbocycles. The molecule has 0 radical (unpaired) electrons. The second kappa shape index (κ2) is 7.45. The molecule has 1 amide bonds. The van der Waals surface area contributed by atoms with Crippen molar-refractivity contribution in [3.05, 3.63) is 60.4 Å². The standard InChI is InChI=1S/C14H7Cl4F3N2O2/c15-7-2-8(16)12(9(17)3-7)22-11(24)5-23-4-6(14(19,20)21)1-10(18)13(23)25/h1-4H,5H2,(H,22,24). The van der Waals surface area contributed by atoms with Crippen LogP contribution in [0.1, 0.15) is 5.56 Å². The number of rotatable bonds is 3. The third-order valence-electron chi connectivity index (χ3n) is 2.95. The van der Waals surface area contributed by atoms with E-state index in [1.54, 1.807) is 0 Å². The van der Waals surface area contributed by atoms with Gasteiger partial charge in [-0.05, 0) is 18.2 Å². The normalized spacial score (nSPS) is 11.5. The maximum absolute atomic E-state index is 12.8. The molecule has 11 heteroatoms. The van der Waals surface area contributed by atoms with Gasteiger partial charge in [0.05, 0.1) is 21.3 Å². The first-order chi connectivity index (χ1) is 11.5. The molecule has 0 unspecified atom stereocenters. The Hall–Kier alpha value is -1.41. The fourth-order valence-corrected chi connectivity index (χ4v) is 3.00. The molecule has 0 saturated heterocycles. The molecule has 0 aliphatic heterocycles. The predicted octanol–water partition coefficient (Wildman–Crippen LogP) is 5.12. The van der Waals surface area contributed by atoms with E-state index >= 15 is 0 Å². The van der Waals surface area contributed by atoms with Crippen molar-refractivity contribution in [2.75, 3.05) is 5.32 Å². The summed E-state index contributed by atoms with van der Waals surface area (Å²) in [7, 11) is 0. The van der Waals surface area contributed by atoms with Crippen LogP contribution in [0.3, 0.4) is 0 Å². The highest BCUT2D eigenvalue weighted by Gasteiger charge is 2.32. The fraction of sp³-hybridized carbons (Fsp3) is 0.143. The smallest absolute Gasteiger partial charge is 0.322 e. The van der Waals surface area contributed by atoms with Gasteiger partial charge in [0, 0.05) is 11.2 Å². The molecule has 2 aromatic rings. The summed E-state index contributed by atoms with van der Waals surface area (Å²) in [6, 6.07) is 3.13. The van der Waals surface area contributed by atoms with Crippen molar-refractivity contribution in [1.29, 1.82) is 0 Å². The van der Waals surface area contributed by atoms with Gasteiger partial charge in [-0.15, -0.1) is 0 Å². The van der Waals surface area contributed by atoms with Gasteiger partial charge in [-0.1, -0.05) is 46.4 Å². The molecule has 0 bridgehead atoms.